The highest BCUT2D eigenvalue weighted by atomic mass is 19.2. The summed E-state index contributed by atoms with van der Waals surface area (Å²) in [7, 11) is 0. The molecule has 1 rings (SSSR count). The van der Waals surface area contributed by atoms with Gasteiger partial charge in [-0.1, -0.05) is 0 Å². The zero-order chi connectivity index (χ0) is 13.0. The largest absolute Gasteiger partial charge is 0.363 e. The fraction of sp³-hybridized carbons (Fsp3) is 0.400. The molecule has 0 heterocycles. The van der Waals surface area contributed by atoms with Gasteiger partial charge in [-0.05, 0) is 13.0 Å². The van der Waals surface area contributed by atoms with Crippen LogP contribution in [0.4, 0.5) is 20.2 Å². The summed E-state index contributed by atoms with van der Waals surface area (Å²) in [6.45, 7) is 2.40. The van der Waals surface area contributed by atoms with Gasteiger partial charge in [-0.2, -0.15) is 0 Å². The van der Waals surface area contributed by atoms with Crippen LogP contribution in [0, 0.1) is 21.7 Å². The average Bonchev–Trinajstić information content (AvgIpc) is 2.29. The number of hydrogen-bond acceptors (Lipinski definition) is 4. The fourth-order valence-electron chi connectivity index (χ4n) is 1.56. The number of nitrogens with two attached hydrogens (primary N) is 1. The van der Waals surface area contributed by atoms with Gasteiger partial charge in [0.05, 0.1) is 4.92 Å². The lowest BCUT2D eigenvalue weighted by Crippen LogP contribution is -2.30. The van der Waals surface area contributed by atoms with Gasteiger partial charge in [0, 0.05) is 25.7 Å². The smallest absolute Gasteiger partial charge is 0.295 e. The van der Waals surface area contributed by atoms with Crippen molar-refractivity contribution in [2.75, 3.05) is 24.5 Å². The van der Waals surface area contributed by atoms with E-state index in [1.807, 2.05) is 0 Å². The van der Waals surface area contributed by atoms with Crippen LogP contribution in [0.2, 0.25) is 0 Å². The van der Waals surface area contributed by atoms with Crippen molar-refractivity contribution in [3.8, 4) is 0 Å². The van der Waals surface area contributed by atoms with E-state index in [9.17, 15) is 18.9 Å². The van der Waals surface area contributed by atoms with Gasteiger partial charge in [0.15, 0.2) is 17.3 Å². The average molecular weight is 245 g/mol. The minimum Gasteiger partial charge on any atom is -0.363 e. The van der Waals surface area contributed by atoms with Gasteiger partial charge in [0.2, 0.25) is 0 Å². The predicted molar refractivity (Wildman–Crippen MR) is 60.0 cm³/mol. The first-order valence-electron chi connectivity index (χ1n) is 5.10. The highest BCUT2D eigenvalue weighted by molar-refractivity contribution is 5.64. The number of nitro groups is 1. The molecule has 0 aliphatic heterocycles. The molecule has 1 aromatic carbocycles. The Kier molecular flexibility index (Phi) is 4.33. The molecule has 7 heteroatoms. The summed E-state index contributed by atoms with van der Waals surface area (Å²) >= 11 is 0. The molecule has 0 aliphatic carbocycles. The van der Waals surface area contributed by atoms with Crippen LogP contribution in [-0.4, -0.2) is 24.6 Å². The minimum atomic E-state index is -1.21. The zero-order valence-corrected chi connectivity index (χ0v) is 9.32. The number of halogens is 2. The van der Waals surface area contributed by atoms with Crippen LogP contribution in [-0.2, 0) is 0 Å². The van der Waals surface area contributed by atoms with Crippen molar-refractivity contribution >= 4 is 11.4 Å². The summed E-state index contributed by atoms with van der Waals surface area (Å²) in [5, 5.41) is 10.8. The number of nitro benzene ring substituents is 1. The number of nitrogens with zero attached hydrogens (tertiary/aromatic N) is 2. The van der Waals surface area contributed by atoms with E-state index in [-0.39, 0.29) is 18.8 Å². The van der Waals surface area contributed by atoms with Crippen molar-refractivity contribution in [2.24, 2.45) is 5.73 Å². The first kappa shape index (κ1) is 13.3. The summed E-state index contributed by atoms with van der Waals surface area (Å²) in [4.78, 5) is 11.4. The molecule has 0 aliphatic rings. The van der Waals surface area contributed by atoms with Crippen LogP contribution in [0.5, 0.6) is 0 Å². The Morgan fingerprint density at radius 2 is 2.12 bits per heavy atom. The Bertz CT molecular complexity index is 426. The minimum absolute atomic E-state index is 0.195. The molecule has 2 N–H and O–H groups in total. The monoisotopic (exact) mass is 245 g/mol. The Morgan fingerprint density at radius 1 is 1.47 bits per heavy atom. The van der Waals surface area contributed by atoms with Gasteiger partial charge in [-0.15, -0.1) is 0 Å². The van der Waals surface area contributed by atoms with Gasteiger partial charge >= 0.3 is 0 Å². The molecule has 0 radical (unpaired) electrons. The van der Waals surface area contributed by atoms with E-state index in [1.54, 1.807) is 6.92 Å². The van der Waals surface area contributed by atoms with Crippen LogP contribution in [0.15, 0.2) is 12.1 Å². The van der Waals surface area contributed by atoms with Crippen molar-refractivity contribution in [2.45, 2.75) is 6.92 Å². The molecule has 0 amide bonds. The first-order valence-corrected chi connectivity index (χ1v) is 5.10. The third kappa shape index (κ3) is 2.68. The normalized spacial score (nSPS) is 10.4. The standard InChI is InChI=1S/C10H13F2N3O2/c1-2-14(6-5-13)10-8(15(16)17)4-3-7(11)9(10)12/h3-4H,2,5-6,13H2,1H3. The molecule has 5 nitrogen and oxygen atoms in total. The molecule has 94 valence electrons. The summed E-state index contributed by atoms with van der Waals surface area (Å²) in [6, 6.07) is 1.69. The summed E-state index contributed by atoms with van der Waals surface area (Å²) in [5.41, 5.74) is 4.53. The molecule has 0 aromatic heterocycles. The quantitative estimate of drug-likeness (QED) is 0.632. The van der Waals surface area contributed by atoms with Gasteiger partial charge in [0.1, 0.15) is 0 Å². The number of anilines is 1. The topological polar surface area (TPSA) is 72.4 Å². The molecule has 0 fully saturated rings. The Balaban J connectivity index is 3.35. The van der Waals surface area contributed by atoms with Gasteiger partial charge in [-0.3, -0.25) is 10.1 Å². The van der Waals surface area contributed by atoms with Crippen LogP contribution >= 0.6 is 0 Å². The van der Waals surface area contributed by atoms with Crippen molar-refractivity contribution in [3.63, 3.8) is 0 Å². The second-order valence-corrected chi connectivity index (χ2v) is 3.35. The van der Waals surface area contributed by atoms with E-state index in [2.05, 4.69) is 0 Å². The van der Waals surface area contributed by atoms with E-state index >= 15 is 0 Å². The van der Waals surface area contributed by atoms with Crippen molar-refractivity contribution in [3.05, 3.63) is 33.9 Å². The maximum absolute atomic E-state index is 13.6. The van der Waals surface area contributed by atoms with Gasteiger partial charge < -0.3 is 10.6 Å². The predicted octanol–water partition coefficient (Wildman–Crippen LogP) is 1.66. The van der Waals surface area contributed by atoms with Crippen LogP contribution in [0.3, 0.4) is 0 Å². The molecular formula is C10H13F2N3O2. The second kappa shape index (κ2) is 5.53. The maximum Gasteiger partial charge on any atom is 0.295 e. The third-order valence-corrected chi connectivity index (χ3v) is 2.34. The highest BCUT2D eigenvalue weighted by Crippen LogP contribution is 2.32. The number of likely N-dealkylation sites (N-methyl/N-ethyl adjacent to an activating group) is 1. The lowest BCUT2D eigenvalue weighted by atomic mass is 10.2. The summed E-state index contributed by atoms with van der Waals surface area (Å²) < 4.78 is 26.7. The third-order valence-electron chi connectivity index (χ3n) is 2.34. The molecule has 0 bridgehead atoms. The van der Waals surface area contributed by atoms with Crippen molar-refractivity contribution in [1.29, 1.82) is 0 Å². The number of rotatable bonds is 5. The Labute approximate surface area is 97.0 Å². The van der Waals surface area contributed by atoms with Crippen LogP contribution in [0.1, 0.15) is 6.92 Å². The van der Waals surface area contributed by atoms with E-state index < -0.39 is 22.2 Å². The number of hydrogen-bond donors (Lipinski definition) is 1. The summed E-state index contributed by atoms with van der Waals surface area (Å²) in [6.07, 6.45) is 0. The fourth-order valence-corrected chi connectivity index (χ4v) is 1.56. The molecule has 0 saturated heterocycles. The zero-order valence-electron chi connectivity index (χ0n) is 9.32. The highest BCUT2D eigenvalue weighted by Gasteiger charge is 2.25. The summed E-state index contributed by atoms with van der Waals surface area (Å²) in [5.74, 6) is -2.32. The molecule has 17 heavy (non-hydrogen) atoms. The van der Waals surface area contributed by atoms with E-state index in [0.717, 1.165) is 12.1 Å². The number of benzene rings is 1. The van der Waals surface area contributed by atoms with E-state index in [0.29, 0.717) is 6.54 Å². The first-order chi connectivity index (χ1) is 8.02. The van der Waals surface area contributed by atoms with Crippen LogP contribution < -0.4 is 10.6 Å². The van der Waals surface area contributed by atoms with Gasteiger partial charge in [-0.25, -0.2) is 8.78 Å². The van der Waals surface area contributed by atoms with Crippen molar-refractivity contribution in [1.82, 2.24) is 0 Å². The molecule has 0 saturated carbocycles. The molecule has 0 atom stereocenters. The van der Waals surface area contributed by atoms with Crippen LogP contribution in [0.25, 0.3) is 0 Å². The van der Waals surface area contributed by atoms with Crippen molar-refractivity contribution < 1.29 is 13.7 Å². The SMILES string of the molecule is CCN(CCN)c1c([N+](=O)[O-])ccc(F)c1F. The molecule has 0 unspecified atom stereocenters. The lowest BCUT2D eigenvalue weighted by molar-refractivity contribution is -0.384. The molecule has 0 spiro atoms. The lowest BCUT2D eigenvalue weighted by Gasteiger charge is -2.22. The van der Waals surface area contributed by atoms with E-state index in [1.165, 1.54) is 4.90 Å². The van der Waals surface area contributed by atoms with Gasteiger partial charge in [0.25, 0.3) is 5.69 Å². The maximum atomic E-state index is 13.6. The van der Waals surface area contributed by atoms with E-state index in [4.69, 9.17) is 5.73 Å². The molecular weight excluding hydrogens is 232 g/mol. The Morgan fingerprint density at radius 3 is 2.59 bits per heavy atom. The Hall–Kier alpha value is -1.76. The molecule has 1 aromatic rings. The second-order valence-electron chi connectivity index (χ2n) is 3.35.